The van der Waals surface area contributed by atoms with Gasteiger partial charge in [0.25, 0.3) is 0 Å². The Morgan fingerprint density at radius 3 is 2.96 bits per heavy atom. The molecule has 3 rings (SSSR count). The quantitative estimate of drug-likeness (QED) is 0.660. The van der Waals surface area contributed by atoms with Crippen molar-refractivity contribution in [1.29, 1.82) is 0 Å². The minimum atomic E-state index is -2.90. The Hall–Kier alpha value is -0.810. The van der Waals surface area contributed by atoms with E-state index >= 15 is 0 Å². The van der Waals surface area contributed by atoms with Crippen molar-refractivity contribution in [3.05, 3.63) is 32.7 Å². The molecule has 0 bridgehead atoms. The van der Waals surface area contributed by atoms with E-state index in [1.807, 2.05) is 31.2 Å². The Kier molecular flexibility index (Phi) is 5.94. The standard InChI is InChI=1S/C15H19BrN4O2S3/c1-2-19(13-6-7-25(21,22)9-13)10-20-15(23)24-14(18-20)17-12-5-3-4-11(16)8-12/h3-5,8,13H,2,6-7,9-10H2,1H3,(H,17,18)/t13-/m1/s1. The van der Waals surface area contributed by atoms with Crippen molar-refractivity contribution in [2.24, 2.45) is 0 Å². The second kappa shape index (κ2) is 7.83. The number of nitrogens with zero attached hydrogens (tertiary/aromatic N) is 3. The maximum atomic E-state index is 11.7. The molecular formula is C15H19BrN4O2S3. The van der Waals surface area contributed by atoms with Crippen LogP contribution in [-0.2, 0) is 16.5 Å². The predicted molar refractivity (Wildman–Crippen MR) is 108 cm³/mol. The summed E-state index contributed by atoms with van der Waals surface area (Å²) in [6, 6.07) is 7.88. The molecule has 1 atom stereocenters. The van der Waals surface area contributed by atoms with Crippen LogP contribution >= 0.6 is 39.5 Å². The van der Waals surface area contributed by atoms with Crippen molar-refractivity contribution < 1.29 is 8.42 Å². The first-order chi connectivity index (χ1) is 11.9. The van der Waals surface area contributed by atoms with E-state index in [9.17, 15) is 8.42 Å². The molecule has 1 saturated heterocycles. The summed E-state index contributed by atoms with van der Waals surface area (Å²) in [6.07, 6.45) is 0.677. The Labute approximate surface area is 164 Å². The van der Waals surface area contributed by atoms with Crippen LogP contribution < -0.4 is 5.32 Å². The first-order valence-corrected chi connectivity index (χ1v) is 11.8. The second-order valence-electron chi connectivity index (χ2n) is 5.91. The van der Waals surface area contributed by atoms with Crippen LogP contribution in [0.2, 0.25) is 0 Å². The molecule has 0 saturated carbocycles. The van der Waals surface area contributed by atoms with Crippen molar-refractivity contribution in [3.8, 4) is 0 Å². The third kappa shape index (κ3) is 4.88. The monoisotopic (exact) mass is 462 g/mol. The number of halogens is 1. The van der Waals surface area contributed by atoms with E-state index in [-0.39, 0.29) is 17.5 Å². The number of hydrogen-bond acceptors (Lipinski definition) is 7. The number of anilines is 2. The molecule has 0 unspecified atom stereocenters. The van der Waals surface area contributed by atoms with Crippen molar-refractivity contribution in [2.45, 2.75) is 26.1 Å². The lowest BCUT2D eigenvalue weighted by Crippen LogP contribution is -2.37. The van der Waals surface area contributed by atoms with Gasteiger partial charge < -0.3 is 5.32 Å². The molecule has 10 heteroatoms. The maximum absolute atomic E-state index is 11.7. The third-order valence-corrected chi connectivity index (χ3v) is 7.60. The highest BCUT2D eigenvalue weighted by Gasteiger charge is 2.31. The number of sulfone groups is 1. The summed E-state index contributed by atoms with van der Waals surface area (Å²) in [5, 5.41) is 8.52. The fourth-order valence-electron chi connectivity index (χ4n) is 2.84. The number of benzene rings is 1. The Morgan fingerprint density at radius 2 is 2.32 bits per heavy atom. The van der Waals surface area contributed by atoms with Gasteiger partial charge in [-0.25, -0.2) is 13.1 Å². The molecule has 1 aliphatic rings. The van der Waals surface area contributed by atoms with E-state index in [0.717, 1.165) is 21.8 Å². The summed E-state index contributed by atoms with van der Waals surface area (Å²) >= 11 is 10.3. The van der Waals surface area contributed by atoms with E-state index in [2.05, 4.69) is 31.2 Å². The number of aromatic nitrogens is 2. The highest BCUT2D eigenvalue weighted by Crippen LogP contribution is 2.24. The molecule has 0 amide bonds. The predicted octanol–water partition coefficient (Wildman–Crippen LogP) is 3.65. The van der Waals surface area contributed by atoms with Gasteiger partial charge in [-0.15, -0.1) is 5.10 Å². The van der Waals surface area contributed by atoms with Crippen molar-refractivity contribution in [2.75, 3.05) is 23.4 Å². The largest absolute Gasteiger partial charge is 0.330 e. The lowest BCUT2D eigenvalue weighted by atomic mass is 10.2. The first kappa shape index (κ1) is 19.0. The van der Waals surface area contributed by atoms with Crippen LogP contribution in [0.1, 0.15) is 13.3 Å². The molecule has 1 aromatic heterocycles. The average molecular weight is 463 g/mol. The van der Waals surface area contributed by atoms with Crippen LogP contribution in [0.4, 0.5) is 10.8 Å². The fourth-order valence-corrected chi connectivity index (χ4v) is 6.02. The van der Waals surface area contributed by atoms with Gasteiger partial charge in [-0.05, 0) is 43.4 Å². The lowest BCUT2D eigenvalue weighted by molar-refractivity contribution is 0.165. The van der Waals surface area contributed by atoms with Crippen molar-refractivity contribution >= 4 is 60.1 Å². The first-order valence-electron chi connectivity index (χ1n) is 7.91. The minimum absolute atomic E-state index is 0.0417. The van der Waals surface area contributed by atoms with Crippen molar-refractivity contribution in [1.82, 2.24) is 14.7 Å². The summed E-state index contributed by atoms with van der Waals surface area (Å²) in [4.78, 5) is 2.13. The summed E-state index contributed by atoms with van der Waals surface area (Å²) in [5.41, 5.74) is 0.930. The topological polar surface area (TPSA) is 67.2 Å². The van der Waals surface area contributed by atoms with Gasteiger partial charge in [-0.1, -0.05) is 40.3 Å². The van der Waals surface area contributed by atoms with Crippen LogP contribution in [0, 0.1) is 3.95 Å². The van der Waals surface area contributed by atoms with Crippen LogP contribution in [0.5, 0.6) is 0 Å². The molecule has 1 N–H and O–H groups in total. The Bertz CT molecular complexity index is 909. The van der Waals surface area contributed by atoms with Gasteiger partial charge in [-0.2, -0.15) is 0 Å². The van der Waals surface area contributed by atoms with Crippen molar-refractivity contribution in [3.63, 3.8) is 0 Å². The zero-order valence-electron chi connectivity index (χ0n) is 13.7. The van der Waals surface area contributed by atoms with Gasteiger partial charge in [0.1, 0.15) is 0 Å². The zero-order valence-corrected chi connectivity index (χ0v) is 17.7. The van der Waals surface area contributed by atoms with E-state index < -0.39 is 9.84 Å². The molecule has 2 aromatic rings. The van der Waals surface area contributed by atoms with Gasteiger partial charge in [0.05, 0.1) is 18.2 Å². The zero-order chi connectivity index (χ0) is 18.0. The highest BCUT2D eigenvalue weighted by molar-refractivity contribution is 9.10. The molecular weight excluding hydrogens is 444 g/mol. The molecule has 1 aliphatic heterocycles. The molecule has 0 aliphatic carbocycles. The second-order valence-corrected chi connectivity index (χ2v) is 10.7. The van der Waals surface area contributed by atoms with Crippen LogP contribution in [0.3, 0.4) is 0 Å². The summed E-state index contributed by atoms with van der Waals surface area (Å²) in [7, 11) is -2.90. The molecule has 136 valence electrons. The van der Waals surface area contributed by atoms with Crippen LogP contribution in [-0.4, -0.2) is 47.2 Å². The van der Waals surface area contributed by atoms with E-state index in [1.54, 1.807) is 4.68 Å². The van der Waals surface area contributed by atoms with Gasteiger partial charge in [-0.3, -0.25) is 4.90 Å². The van der Waals surface area contributed by atoms with Gasteiger partial charge >= 0.3 is 0 Å². The number of nitrogens with one attached hydrogen (secondary N) is 1. The SMILES string of the molecule is CCN(Cn1nc(Nc2cccc(Br)c2)sc1=S)[C@@H]1CCS(=O)(=O)C1. The van der Waals surface area contributed by atoms with Gasteiger partial charge in [0.15, 0.2) is 13.8 Å². The molecule has 0 spiro atoms. The molecule has 2 heterocycles. The van der Waals surface area contributed by atoms with Gasteiger partial charge in [0, 0.05) is 16.2 Å². The molecule has 1 fully saturated rings. The highest BCUT2D eigenvalue weighted by atomic mass is 79.9. The lowest BCUT2D eigenvalue weighted by Gasteiger charge is -2.25. The average Bonchev–Trinajstić information content (AvgIpc) is 3.07. The normalized spacial score (nSPS) is 19.4. The van der Waals surface area contributed by atoms with E-state index in [4.69, 9.17) is 12.2 Å². The Morgan fingerprint density at radius 1 is 1.52 bits per heavy atom. The third-order valence-electron chi connectivity index (χ3n) is 4.13. The molecule has 25 heavy (non-hydrogen) atoms. The number of rotatable bonds is 6. The summed E-state index contributed by atoms with van der Waals surface area (Å²) in [6.45, 7) is 3.29. The van der Waals surface area contributed by atoms with E-state index in [1.165, 1.54) is 11.3 Å². The molecule has 6 nitrogen and oxygen atoms in total. The number of hydrogen-bond donors (Lipinski definition) is 1. The van der Waals surface area contributed by atoms with E-state index in [0.29, 0.717) is 17.0 Å². The molecule has 1 aromatic carbocycles. The Balaban J connectivity index is 1.72. The van der Waals surface area contributed by atoms with Gasteiger partial charge in [0.2, 0.25) is 5.13 Å². The van der Waals surface area contributed by atoms with Crippen LogP contribution in [0.15, 0.2) is 28.7 Å². The van der Waals surface area contributed by atoms with Crippen LogP contribution in [0.25, 0.3) is 0 Å². The fraction of sp³-hybridized carbons (Fsp3) is 0.467. The summed E-state index contributed by atoms with van der Waals surface area (Å²) in [5.74, 6) is 0.494. The molecule has 0 radical (unpaired) electrons. The smallest absolute Gasteiger partial charge is 0.209 e. The summed E-state index contributed by atoms with van der Waals surface area (Å²) < 4.78 is 26.9. The maximum Gasteiger partial charge on any atom is 0.209 e. The minimum Gasteiger partial charge on any atom is -0.330 e.